The highest BCUT2D eigenvalue weighted by Crippen LogP contribution is 2.50. The number of unbranched alkanes of at least 4 members (excludes halogenated alkanes) is 28. The lowest BCUT2D eigenvalue weighted by atomic mass is 9.99. The first-order chi connectivity index (χ1) is 28.8. The molecule has 0 radical (unpaired) electrons. The Kier molecular flexibility index (Phi) is 29.3. The summed E-state index contributed by atoms with van der Waals surface area (Å²) in [5, 5.41) is 4.34. The molecule has 0 saturated carbocycles. The Balaban J connectivity index is 1.87. The predicted molar refractivity (Wildman–Crippen MR) is 254 cm³/mol. The molecule has 4 nitrogen and oxygen atoms in total. The molecule has 0 fully saturated rings. The Bertz CT molecular complexity index is 1420. The lowest BCUT2D eigenvalue weighted by Gasteiger charge is -2.22. The van der Waals surface area contributed by atoms with Gasteiger partial charge in [0.25, 0.3) is 0 Å². The van der Waals surface area contributed by atoms with E-state index in [0.29, 0.717) is 19.8 Å². The van der Waals surface area contributed by atoms with Gasteiger partial charge in [0, 0.05) is 16.2 Å². The number of hydrogen-bond donors (Lipinski definition) is 0. The van der Waals surface area contributed by atoms with Crippen molar-refractivity contribution in [3.05, 3.63) is 36.4 Å². The summed E-state index contributed by atoms with van der Waals surface area (Å²) in [5.74, 6) is 3.57. The Morgan fingerprint density at radius 3 is 0.983 bits per heavy atom. The summed E-state index contributed by atoms with van der Waals surface area (Å²) in [5.41, 5.74) is 0. The zero-order valence-corrected chi connectivity index (χ0v) is 38.6. The number of benzene rings is 3. The Hall–Kier alpha value is -2.62. The van der Waals surface area contributed by atoms with Gasteiger partial charge in [-0.25, -0.2) is 0 Å². The van der Waals surface area contributed by atoms with Crippen LogP contribution in [0.3, 0.4) is 0 Å². The molecule has 0 bridgehead atoms. The van der Waals surface area contributed by atoms with Gasteiger partial charge in [0.1, 0.15) is 11.5 Å². The third-order valence-electron chi connectivity index (χ3n) is 12.0. The zero-order chi connectivity index (χ0) is 41.1. The molecule has 4 heteroatoms. The van der Waals surface area contributed by atoms with Crippen LogP contribution in [0.25, 0.3) is 21.5 Å². The smallest absolute Gasteiger partial charge is 0.172 e. The van der Waals surface area contributed by atoms with Crippen molar-refractivity contribution in [2.45, 2.75) is 233 Å². The van der Waals surface area contributed by atoms with Crippen molar-refractivity contribution in [3.8, 4) is 23.0 Å². The molecule has 0 aromatic heterocycles. The van der Waals surface area contributed by atoms with E-state index in [2.05, 4.69) is 64.1 Å². The lowest BCUT2D eigenvalue weighted by molar-refractivity contribution is 0.259. The minimum absolute atomic E-state index is 0.681. The minimum Gasteiger partial charge on any atom is -0.492 e. The molecule has 0 aliphatic rings. The van der Waals surface area contributed by atoms with E-state index in [1.54, 1.807) is 0 Å². The molecule has 0 N–H and O–H groups in total. The van der Waals surface area contributed by atoms with E-state index in [4.69, 9.17) is 18.9 Å². The van der Waals surface area contributed by atoms with Crippen LogP contribution in [0.4, 0.5) is 0 Å². The molecule has 0 atom stereocenters. The van der Waals surface area contributed by atoms with Crippen molar-refractivity contribution in [1.29, 1.82) is 0 Å². The van der Waals surface area contributed by atoms with Gasteiger partial charge >= 0.3 is 0 Å². The maximum atomic E-state index is 6.92. The van der Waals surface area contributed by atoms with Crippen LogP contribution < -0.4 is 18.9 Å². The summed E-state index contributed by atoms with van der Waals surface area (Å²) in [6.45, 7) is 12.0. The van der Waals surface area contributed by atoms with Crippen LogP contribution in [0.15, 0.2) is 36.4 Å². The standard InChI is InChI=1S/C54H90O4/c1-5-9-13-17-21-25-29-35-43-55-50-42-41-49-51(54(50)58-46-38-32-28-24-20-16-12-8-4)53(57-45-37-31-27-23-19-15-11-7-3)48-40-34-33-39-47(48)52(49)56-44-36-30-26-22-18-14-10-6-2/h33-34,39-42H,5-32,35-38,43-46H2,1-4H3. The molecule has 0 aliphatic heterocycles. The van der Waals surface area contributed by atoms with Gasteiger partial charge in [-0.3, -0.25) is 0 Å². The Labute approximate surface area is 358 Å². The van der Waals surface area contributed by atoms with Crippen molar-refractivity contribution in [2.24, 2.45) is 0 Å². The number of ether oxygens (including phenoxy) is 4. The molecule has 0 aliphatic carbocycles. The van der Waals surface area contributed by atoms with Gasteiger partial charge in [0.05, 0.1) is 31.8 Å². The topological polar surface area (TPSA) is 36.9 Å². The monoisotopic (exact) mass is 803 g/mol. The van der Waals surface area contributed by atoms with E-state index in [0.717, 1.165) is 76.8 Å². The van der Waals surface area contributed by atoms with Gasteiger partial charge in [-0.05, 0) is 37.8 Å². The summed E-state index contributed by atoms with van der Waals surface area (Å²) in [6, 6.07) is 13.1. The van der Waals surface area contributed by atoms with Gasteiger partial charge in [-0.2, -0.15) is 0 Å². The molecule has 58 heavy (non-hydrogen) atoms. The molecule has 0 unspecified atom stereocenters. The maximum Gasteiger partial charge on any atom is 0.172 e. The Morgan fingerprint density at radius 1 is 0.276 bits per heavy atom. The van der Waals surface area contributed by atoms with E-state index in [1.807, 2.05) is 0 Å². The van der Waals surface area contributed by atoms with Crippen LogP contribution in [-0.4, -0.2) is 26.4 Å². The average Bonchev–Trinajstić information content (AvgIpc) is 3.24. The molecule has 330 valence electrons. The first-order valence-corrected chi connectivity index (χ1v) is 25.3. The molecule has 0 amide bonds. The fourth-order valence-electron chi connectivity index (χ4n) is 8.35. The van der Waals surface area contributed by atoms with Crippen molar-refractivity contribution < 1.29 is 18.9 Å². The number of fused-ring (bicyclic) bond motifs is 2. The number of rotatable bonds is 40. The van der Waals surface area contributed by atoms with Crippen LogP contribution in [0.2, 0.25) is 0 Å². The maximum absolute atomic E-state index is 6.92. The van der Waals surface area contributed by atoms with E-state index in [1.165, 1.54) is 180 Å². The molecular formula is C54H90O4. The minimum atomic E-state index is 0.681. The SMILES string of the molecule is CCCCCCCCCCOc1ccc2c(OCCCCCCCCCC)c3ccccc3c(OCCCCCCCCCC)c2c1OCCCCCCCCCC. The Morgan fingerprint density at radius 2 is 0.586 bits per heavy atom. The van der Waals surface area contributed by atoms with Crippen LogP contribution in [0, 0.1) is 0 Å². The molecule has 3 aromatic carbocycles. The second-order valence-corrected chi connectivity index (χ2v) is 17.3. The summed E-state index contributed by atoms with van der Waals surface area (Å²) in [7, 11) is 0. The fraction of sp³-hybridized carbons (Fsp3) is 0.741. The van der Waals surface area contributed by atoms with Crippen LogP contribution in [-0.2, 0) is 0 Å². The highest BCUT2D eigenvalue weighted by atomic mass is 16.5. The van der Waals surface area contributed by atoms with E-state index < -0.39 is 0 Å². The molecular weight excluding hydrogens is 713 g/mol. The van der Waals surface area contributed by atoms with Gasteiger partial charge in [0.2, 0.25) is 0 Å². The van der Waals surface area contributed by atoms with Crippen molar-refractivity contribution in [1.82, 2.24) is 0 Å². The highest BCUT2D eigenvalue weighted by molar-refractivity contribution is 6.13. The number of hydrogen-bond acceptors (Lipinski definition) is 4. The van der Waals surface area contributed by atoms with Gasteiger partial charge < -0.3 is 18.9 Å². The van der Waals surface area contributed by atoms with E-state index >= 15 is 0 Å². The van der Waals surface area contributed by atoms with Crippen molar-refractivity contribution in [2.75, 3.05) is 26.4 Å². The summed E-state index contributed by atoms with van der Waals surface area (Å²) in [4.78, 5) is 0. The molecule has 3 aromatic rings. The van der Waals surface area contributed by atoms with E-state index in [9.17, 15) is 0 Å². The molecule has 0 saturated heterocycles. The molecule has 0 spiro atoms. The summed E-state index contributed by atoms with van der Waals surface area (Å²) in [6.07, 6.45) is 41.0. The van der Waals surface area contributed by atoms with Crippen LogP contribution in [0.1, 0.15) is 233 Å². The van der Waals surface area contributed by atoms with Crippen molar-refractivity contribution in [3.63, 3.8) is 0 Å². The van der Waals surface area contributed by atoms with Gasteiger partial charge in [-0.1, -0.05) is 232 Å². The largest absolute Gasteiger partial charge is 0.492 e. The van der Waals surface area contributed by atoms with Crippen molar-refractivity contribution >= 4 is 21.5 Å². The fourth-order valence-corrected chi connectivity index (χ4v) is 8.35. The average molecular weight is 803 g/mol. The van der Waals surface area contributed by atoms with Gasteiger partial charge in [-0.15, -0.1) is 0 Å². The normalized spacial score (nSPS) is 11.5. The third kappa shape index (κ3) is 20.1. The van der Waals surface area contributed by atoms with Crippen LogP contribution >= 0.6 is 0 Å². The lowest BCUT2D eigenvalue weighted by Crippen LogP contribution is -2.06. The second kappa shape index (κ2) is 34.1. The first-order valence-electron chi connectivity index (χ1n) is 25.3. The van der Waals surface area contributed by atoms with E-state index in [-0.39, 0.29) is 0 Å². The first kappa shape index (κ1) is 49.7. The van der Waals surface area contributed by atoms with Gasteiger partial charge in [0.15, 0.2) is 11.5 Å². The summed E-state index contributed by atoms with van der Waals surface area (Å²) < 4.78 is 27.3. The highest BCUT2D eigenvalue weighted by Gasteiger charge is 2.23. The zero-order valence-electron chi connectivity index (χ0n) is 38.6. The van der Waals surface area contributed by atoms with Crippen LogP contribution in [0.5, 0.6) is 23.0 Å². The second-order valence-electron chi connectivity index (χ2n) is 17.3. The summed E-state index contributed by atoms with van der Waals surface area (Å²) >= 11 is 0. The predicted octanol–water partition coefficient (Wildman–Crippen LogP) is 18.1. The molecule has 3 rings (SSSR count). The molecule has 0 heterocycles. The third-order valence-corrected chi connectivity index (χ3v) is 12.0. The quantitative estimate of drug-likeness (QED) is 0.0424.